The molecule has 0 radical (unpaired) electrons. The Labute approximate surface area is 75.3 Å². The van der Waals surface area contributed by atoms with Crippen LogP contribution in [-0.2, 0) is 0 Å². The van der Waals surface area contributed by atoms with Crippen molar-refractivity contribution in [3.63, 3.8) is 0 Å². The maximum absolute atomic E-state index is 12.2. The summed E-state index contributed by atoms with van der Waals surface area (Å²) in [5.41, 5.74) is 0. The lowest BCUT2D eigenvalue weighted by Gasteiger charge is -1.89. The van der Waals surface area contributed by atoms with Crippen molar-refractivity contribution in [1.82, 2.24) is 0 Å². The standard InChI is InChI=1S/C6H4ClFS.C2H6/c7-9-6-3-1-5(8)2-4-6;1-2/h1-4H;1-2H3. The van der Waals surface area contributed by atoms with Crippen LogP contribution in [0.2, 0.25) is 0 Å². The zero-order valence-electron chi connectivity index (χ0n) is 6.47. The molecule has 3 heteroatoms. The second-order valence-corrected chi connectivity index (χ2v) is 2.62. The van der Waals surface area contributed by atoms with Gasteiger partial charge in [0, 0.05) is 4.90 Å². The SMILES string of the molecule is CC.Fc1ccc(SCl)cc1. The van der Waals surface area contributed by atoms with Gasteiger partial charge in [0.25, 0.3) is 0 Å². The molecule has 0 bridgehead atoms. The maximum atomic E-state index is 12.2. The number of rotatable bonds is 1. The third-order valence-electron chi connectivity index (χ3n) is 0.903. The van der Waals surface area contributed by atoms with Crippen molar-refractivity contribution in [1.29, 1.82) is 0 Å². The van der Waals surface area contributed by atoms with E-state index in [-0.39, 0.29) is 5.82 Å². The molecular weight excluding hydrogens is 183 g/mol. The molecular formula is C8H10ClFS. The molecule has 0 N–H and O–H groups in total. The Hall–Kier alpha value is -0.210. The molecule has 0 aliphatic carbocycles. The van der Waals surface area contributed by atoms with E-state index in [0.717, 1.165) is 15.9 Å². The van der Waals surface area contributed by atoms with Crippen LogP contribution < -0.4 is 0 Å². The van der Waals surface area contributed by atoms with Gasteiger partial charge in [-0.25, -0.2) is 4.39 Å². The highest BCUT2D eigenvalue weighted by Gasteiger charge is 1.89. The molecule has 1 aromatic rings. The zero-order chi connectivity index (χ0) is 8.69. The smallest absolute Gasteiger partial charge is 0.123 e. The van der Waals surface area contributed by atoms with E-state index in [4.69, 9.17) is 10.7 Å². The molecule has 0 spiro atoms. The van der Waals surface area contributed by atoms with Gasteiger partial charge in [-0.3, -0.25) is 0 Å². The molecule has 0 aliphatic rings. The van der Waals surface area contributed by atoms with Crippen LogP contribution in [0.3, 0.4) is 0 Å². The Morgan fingerprint density at radius 3 is 2.00 bits per heavy atom. The van der Waals surface area contributed by atoms with Gasteiger partial charge in [0.2, 0.25) is 0 Å². The second kappa shape index (κ2) is 6.50. The third-order valence-corrected chi connectivity index (χ3v) is 1.89. The molecule has 0 nitrogen and oxygen atoms in total. The summed E-state index contributed by atoms with van der Waals surface area (Å²) in [6, 6.07) is 6.02. The second-order valence-electron chi connectivity index (χ2n) is 1.53. The van der Waals surface area contributed by atoms with Gasteiger partial charge in [0.15, 0.2) is 0 Å². The topological polar surface area (TPSA) is 0 Å². The fourth-order valence-electron chi connectivity index (χ4n) is 0.486. The van der Waals surface area contributed by atoms with Crippen LogP contribution in [0, 0.1) is 5.82 Å². The van der Waals surface area contributed by atoms with Crippen molar-refractivity contribution < 1.29 is 4.39 Å². The molecule has 0 amide bonds. The molecule has 0 atom stereocenters. The van der Waals surface area contributed by atoms with Gasteiger partial charge in [-0.05, 0) is 45.9 Å². The fraction of sp³-hybridized carbons (Fsp3) is 0.250. The van der Waals surface area contributed by atoms with Gasteiger partial charge in [-0.1, -0.05) is 13.8 Å². The number of halogens is 2. The predicted molar refractivity (Wildman–Crippen MR) is 49.5 cm³/mol. The maximum Gasteiger partial charge on any atom is 0.123 e. The summed E-state index contributed by atoms with van der Waals surface area (Å²) in [6.45, 7) is 4.00. The van der Waals surface area contributed by atoms with E-state index in [1.54, 1.807) is 12.1 Å². The number of hydrogen-bond acceptors (Lipinski definition) is 1. The Morgan fingerprint density at radius 2 is 1.64 bits per heavy atom. The largest absolute Gasteiger partial charge is 0.207 e. The summed E-state index contributed by atoms with van der Waals surface area (Å²) in [5.74, 6) is -0.232. The predicted octanol–water partition coefficient (Wildman–Crippen LogP) is 4.10. The molecule has 62 valence electrons. The van der Waals surface area contributed by atoms with E-state index in [0.29, 0.717) is 0 Å². The highest BCUT2D eigenvalue weighted by atomic mass is 35.7. The lowest BCUT2D eigenvalue weighted by Crippen LogP contribution is -1.69. The van der Waals surface area contributed by atoms with Crippen molar-refractivity contribution in [2.24, 2.45) is 0 Å². The summed E-state index contributed by atoms with van der Waals surface area (Å²) >= 11 is 0. The van der Waals surface area contributed by atoms with Crippen LogP contribution in [0.1, 0.15) is 13.8 Å². The first-order chi connectivity index (χ1) is 5.33. The van der Waals surface area contributed by atoms with E-state index in [2.05, 4.69) is 0 Å². The van der Waals surface area contributed by atoms with Crippen molar-refractivity contribution in [2.45, 2.75) is 18.7 Å². The Morgan fingerprint density at radius 1 is 1.18 bits per heavy atom. The van der Waals surface area contributed by atoms with Gasteiger partial charge in [-0.2, -0.15) is 0 Å². The lowest BCUT2D eigenvalue weighted by molar-refractivity contribution is 0.626. The van der Waals surface area contributed by atoms with E-state index in [9.17, 15) is 4.39 Å². The minimum Gasteiger partial charge on any atom is -0.207 e. The number of benzene rings is 1. The first kappa shape index (κ1) is 10.8. The molecule has 0 aliphatic heterocycles. The molecule has 0 aromatic heterocycles. The summed E-state index contributed by atoms with van der Waals surface area (Å²) in [5, 5.41) is 0. The quantitative estimate of drug-likeness (QED) is 0.646. The van der Waals surface area contributed by atoms with Gasteiger partial charge in [0.1, 0.15) is 5.82 Å². The molecule has 0 saturated carbocycles. The average molecular weight is 193 g/mol. The minimum absolute atomic E-state index is 0.232. The van der Waals surface area contributed by atoms with Crippen LogP contribution in [0.4, 0.5) is 4.39 Å². The Balaban J connectivity index is 0.000000461. The molecule has 0 saturated heterocycles. The van der Waals surface area contributed by atoms with Crippen molar-refractivity contribution in [3.05, 3.63) is 30.1 Å². The molecule has 1 rings (SSSR count). The van der Waals surface area contributed by atoms with E-state index < -0.39 is 0 Å². The Kier molecular flexibility index (Phi) is 6.37. The summed E-state index contributed by atoms with van der Waals surface area (Å²) < 4.78 is 12.2. The normalized spacial score (nSPS) is 8.36. The highest BCUT2D eigenvalue weighted by molar-refractivity contribution is 8.21. The van der Waals surface area contributed by atoms with Crippen LogP contribution >= 0.6 is 21.7 Å². The average Bonchev–Trinajstić information content (AvgIpc) is 2.10. The van der Waals surface area contributed by atoms with Crippen LogP contribution in [0.5, 0.6) is 0 Å². The van der Waals surface area contributed by atoms with Gasteiger partial charge >= 0.3 is 0 Å². The van der Waals surface area contributed by atoms with Gasteiger partial charge in [0.05, 0.1) is 0 Å². The van der Waals surface area contributed by atoms with E-state index >= 15 is 0 Å². The number of hydrogen-bond donors (Lipinski definition) is 0. The fourth-order valence-corrected chi connectivity index (χ4v) is 1.03. The minimum atomic E-state index is -0.232. The summed E-state index contributed by atoms with van der Waals surface area (Å²) in [6.07, 6.45) is 0. The van der Waals surface area contributed by atoms with Crippen LogP contribution in [0.15, 0.2) is 29.2 Å². The molecule has 0 fully saturated rings. The molecule has 1 aromatic carbocycles. The van der Waals surface area contributed by atoms with Crippen LogP contribution in [0.25, 0.3) is 0 Å². The third kappa shape index (κ3) is 4.27. The molecule has 0 heterocycles. The van der Waals surface area contributed by atoms with E-state index in [1.807, 2.05) is 13.8 Å². The first-order valence-electron chi connectivity index (χ1n) is 3.37. The van der Waals surface area contributed by atoms with Crippen molar-refractivity contribution in [2.75, 3.05) is 0 Å². The van der Waals surface area contributed by atoms with Gasteiger partial charge < -0.3 is 0 Å². The molecule has 0 unspecified atom stereocenters. The molecule has 11 heavy (non-hydrogen) atoms. The monoisotopic (exact) mass is 192 g/mol. The first-order valence-corrected chi connectivity index (χ1v) is 5.01. The van der Waals surface area contributed by atoms with E-state index in [1.165, 1.54) is 12.1 Å². The summed E-state index contributed by atoms with van der Waals surface area (Å²) in [4.78, 5) is 0.859. The van der Waals surface area contributed by atoms with Crippen LogP contribution in [-0.4, -0.2) is 0 Å². The lowest BCUT2D eigenvalue weighted by atomic mass is 10.4. The summed E-state index contributed by atoms with van der Waals surface area (Å²) in [7, 11) is 6.46. The zero-order valence-corrected chi connectivity index (χ0v) is 8.05. The Bertz CT molecular complexity index is 186. The van der Waals surface area contributed by atoms with Gasteiger partial charge in [-0.15, -0.1) is 0 Å². The van der Waals surface area contributed by atoms with Crippen molar-refractivity contribution in [3.8, 4) is 0 Å². The highest BCUT2D eigenvalue weighted by Crippen LogP contribution is 2.20. The van der Waals surface area contributed by atoms with Crippen molar-refractivity contribution >= 4 is 21.7 Å².